The summed E-state index contributed by atoms with van der Waals surface area (Å²) >= 11 is 3.77. The summed E-state index contributed by atoms with van der Waals surface area (Å²) in [6, 6.07) is 0.776. The summed E-state index contributed by atoms with van der Waals surface area (Å²) in [5, 5.41) is 0. The zero-order chi connectivity index (χ0) is 9.84. The predicted molar refractivity (Wildman–Crippen MR) is 62.4 cm³/mol. The summed E-state index contributed by atoms with van der Waals surface area (Å²) in [7, 11) is 0. The van der Waals surface area contributed by atoms with Gasteiger partial charge in [-0.2, -0.15) is 0 Å². The highest BCUT2D eigenvalue weighted by atomic mass is 79.9. The van der Waals surface area contributed by atoms with E-state index in [9.17, 15) is 0 Å². The molecule has 0 radical (unpaired) electrons. The van der Waals surface area contributed by atoms with E-state index in [-0.39, 0.29) is 0 Å². The Morgan fingerprint density at radius 1 is 1.54 bits per heavy atom. The summed E-state index contributed by atoms with van der Waals surface area (Å²) in [6.07, 6.45) is 4.00. The van der Waals surface area contributed by atoms with Crippen molar-refractivity contribution in [1.82, 2.24) is 4.90 Å². The molecule has 0 aromatic carbocycles. The first-order valence-electron chi connectivity index (χ1n) is 5.53. The molecule has 1 aliphatic rings. The molecule has 0 N–H and O–H groups in total. The molecule has 1 aliphatic heterocycles. The van der Waals surface area contributed by atoms with Crippen LogP contribution in [0.3, 0.4) is 0 Å². The van der Waals surface area contributed by atoms with Crippen LogP contribution in [0.25, 0.3) is 0 Å². The highest BCUT2D eigenvalue weighted by Gasteiger charge is 2.26. The van der Waals surface area contributed by atoms with E-state index in [1.165, 1.54) is 32.4 Å². The first-order valence-corrected chi connectivity index (χ1v) is 6.44. The Hall–Kier alpha value is 0.440. The molecule has 0 saturated carbocycles. The van der Waals surface area contributed by atoms with Crippen LogP contribution in [-0.2, 0) is 0 Å². The molecule has 0 aromatic rings. The molecule has 1 saturated heterocycles. The normalized spacial score (nSPS) is 33.2. The fourth-order valence-electron chi connectivity index (χ4n) is 2.05. The minimum atomic E-state index is 0.709. The third-order valence-corrected chi connectivity index (χ3v) is 4.42. The Bertz CT molecular complexity index is 149. The van der Waals surface area contributed by atoms with E-state index in [2.05, 4.69) is 41.6 Å². The first-order chi connectivity index (χ1) is 6.15. The van der Waals surface area contributed by atoms with Gasteiger partial charge in [0.25, 0.3) is 0 Å². The summed E-state index contributed by atoms with van der Waals surface area (Å²) in [5.74, 6) is 0.852. The van der Waals surface area contributed by atoms with Crippen LogP contribution in [-0.4, -0.2) is 28.9 Å². The molecule has 2 heteroatoms. The van der Waals surface area contributed by atoms with Gasteiger partial charge in [0.15, 0.2) is 0 Å². The molecule has 0 aromatic heterocycles. The number of rotatable bonds is 3. The minimum absolute atomic E-state index is 0.709. The summed E-state index contributed by atoms with van der Waals surface area (Å²) in [4.78, 5) is 3.34. The van der Waals surface area contributed by atoms with Gasteiger partial charge in [0.1, 0.15) is 0 Å². The van der Waals surface area contributed by atoms with Crippen molar-refractivity contribution in [1.29, 1.82) is 0 Å². The van der Waals surface area contributed by atoms with Crippen molar-refractivity contribution in [3.8, 4) is 0 Å². The first kappa shape index (κ1) is 11.5. The largest absolute Gasteiger partial charge is 0.300 e. The van der Waals surface area contributed by atoms with Gasteiger partial charge in [-0.05, 0) is 32.2 Å². The van der Waals surface area contributed by atoms with E-state index >= 15 is 0 Å². The van der Waals surface area contributed by atoms with Gasteiger partial charge in [0.2, 0.25) is 0 Å². The van der Waals surface area contributed by atoms with Gasteiger partial charge in [-0.25, -0.2) is 0 Å². The second kappa shape index (κ2) is 5.35. The zero-order valence-electron chi connectivity index (χ0n) is 9.09. The molecular formula is C11H22BrN. The third-order valence-electron chi connectivity index (χ3n) is 3.23. The predicted octanol–water partition coefficient (Wildman–Crippen LogP) is 3.28. The Balaban J connectivity index is 2.36. The Morgan fingerprint density at radius 3 is 2.77 bits per heavy atom. The number of piperidine rings is 1. The van der Waals surface area contributed by atoms with Gasteiger partial charge in [-0.3, -0.25) is 4.90 Å². The van der Waals surface area contributed by atoms with Crippen molar-refractivity contribution in [2.75, 3.05) is 13.1 Å². The van der Waals surface area contributed by atoms with Gasteiger partial charge < -0.3 is 0 Å². The van der Waals surface area contributed by atoms with Gasteiger partial charge in [-0.15, -0.1) is 0 Å². The topological polar surface area (TPSA) is 3.24 Å². The van der Waals surface area contributed by atoms with E-state index in [4.69, 9.17) is 0 Å². The number of hydrogen-bond donors (Lipinski definition) is 0. The monoisotopic (exact) mass is 247 g/mol. The molecule has 3 unspecified atom stereocenters. The van der Waals surface area contributed by atoms with Crippen LogP contribution in [0.5, 0.6) is 0 Å². The average molecular weight is 248 g/mol. The van der Waals surface area contributed by atoms with Gasteiger partial charge in [0, 0.05) is 17.4 Å². The fraction of sp³-hybridized carbons (Fsp3) is 1.00. The number of hydrogen-bond acceptors (Lipinski definition) is 1. The quantitative estimate of drug-likeness (QED) is 0.693. The lowest BCUT2D eigenvalue weighted by Crippen LogP contribution is -2.44. The number of halogens is 1. The lowest BCUT2D eigenvalue weighted by atomic mass is 9.97. The van der Waals surface area contributed by atoms with Gasteiger partial charge in [-0.1, -0.05) is 36.2 Å². The maximum atomic E-state index is 3.77. The van der Waals surface area contributed by atoms with Crippen LogP contribution in [0.2, 0.25) is 0 Å². The Labute approximate surface area is 91.0 Å². The molecule has 1 nitrogen and oxygen atoms in total. The smallest absolute Gasteiger partial charge is 0.0299 e. The van der Waals surface area contributed by atoms with Crippen LogP contribution in [0, 0.1) is 5.92 Å². The van der Waals surface area contributed by atoms with Crippen LogP contribution in [0.1, 0.15) is 40.0 Å². The maximum Gasteiger partial charge on any atom is 0.0299 e. The van der Waals surface area contributed by atoms with Crippen LogP contribution in [0.4, 0.5) is 0 Å². The highest BCUT2D eigenvalue weighted by Crippen LogP contribution is 2.25. The van der Waals surface area contributed by atoms with Gasteiger partial charge in [0.05, 0.1) is 0 Å². The number of nitrogens with zero attached hydrogens (tertiary/aromatic N) is 1. The summed E-state index contributed by atoms with van der Waals surface area (Å²) in [6.45, 7) is 9.52. The zero-order valence-corrected chi connectivity index (χ0v) is 10.7. The van der Waals surface area contributed by atoms with Crippen molar-refractivity contribution >= 4 is 15.9 Å². The number of alkyl halides is 1. The highest BCUT2D eigenvalue weighted by molar-refractivity contribution is 9.09. The van der Waals surface area contributed by atoms with Crippen molar-refractivity contribution in [2.24, 2.45) is 5.92 Å². The molecular weight excluding hydrogens is 226 g/mol. The Kier molecular flexibility index (Phi) is 4.74. The van der Waals surface area contributed by atoms with E-state index in [1.807, 2.05) is 0 Å². The lowest BCUT2D eigenvalue weighted by molar-refractivity contribution is 0.147. The molecule has 1 heterocycles. The van der Waals surface area contributed by atoms with Crippen molar-refractivity contribution < 1.29 is 0 Å². The minimum Gasteiger partial charge on any atom is -0.300 e. The van der Waals surface area contributed by atoms with Crippen LogP contribution >= 0.6 is 15.9 Å². The van der Waals surface area contributed by atoms with Crippen LogP contribution < -0.4 is 0 Å². The summed E-state index contributed by atoms with van der Waals surface area (Å²) in [5.41, 5.74) is 0. The molecule has 0 aliphatic carbocycles. The molecule has 3 atom stereocenters. The molecule has 0 bridgehead atoms. The second-order valence-corrected chi connectivity index (χ2v) is 5.59. The number of likely N-dealkylation sites (tertiary alicyclic amines) is 1. The summed E-state index contributed by atoms with van der Waals surface area (Å²) < 4.78 is 0. The average Bonchev–Trinajstić information content (AvgIpc) is 2.10. The molecule has 13 heavy (non-hydrogen) atoms. The maximum absolute atomic E-state index is 3.77. The van der Waals surface area contributed by atoms with Crippen molar-refractivity contribution in [3.63, 3.8) is 0 Å². The molecule has 1 rings (SSSR count). The standard InChI is InChI=1S/C11H22BrN/c1-4-5-10(3)13-7-6-9(2)11(12)8-13/h9-11H,4-8H2,1-3H3. The van der Waals surface area contributed by atoms with Gasteiger partial charge >= 0.3 is 0 Å². The molecule has 0 spiro atoms. The van der Waals surface area contributed by atoms with Crippen molar-refractivity contribution in [3.05, 3.63) is 0 Å². The molecule has 78 valence electrons. The van der Waals surface area contributed by atoms with E-state index < -0.39 is 0 Å². The van der Waals surface area contributed by atoms with Crippen molar-refractivity contribution in [2.45, 2.75) is 50.9 Å². The van der Waals surface area contributed by atoms with E-state index in [0.717, 1.165) is 12.0 Å². The lowest BCUT2D eigenvalue weighted by Gasteiger charge is -2.38. The Morgan fingerprint density at radius 2 is 2.23 bits per heavy atom. The third kappa shape index (κ3) is 3.25. The van der Waals surface area contributed by atoms with E-state index in [1.54, 1.807) is 0 Å². The molecule has 1 fully saturated rings. The molecule has 0 amide bonds. The SMILES string of the molecule is CCCC(C)N1CCC(C)C(Br)C1. The van der Waals surface area contributed by atoms with Crippen LogP contribution in [0.15, 0.2) is 0 Å². The fourth-order valence-corrected chi connectivity index (χ4v) is 2.68. The van der Waals surface area contributed by atoms with E-state index in [0.29, 0.717) is 4.83 Å². The second-order valence-electron chi connectivity index (χ2n) is 4.41.